The van der Waals surface area contributed by atoms with Crippen LogP contribution in [0.25, 0.3) is 11.4 Å². The molecule has 0 spiro atoms. The summed E-state index contributed by atoms with van der Waals surface area (Å²) in [6.45, 7) is 5.28. The van der Waals surface area contributed by atoms with Crippen molar-refractivity contribution in [2.24, 2.45) is 0 Å². The van der Waals surface area contributed by atoms with Gasteiger partial charge in [-0.3, -0.25) is 0 Å². The lowest BCUT2D eigenvalue weighted by atomic mass is 10.1. The van der Waals surface area contributed by atoms with E-state index < -0.39 is 10.0 Å². The highest BCUT2D eigenvalue weighted by atomic mass is 32.2. The standard InChI is InChI=1S/C15H19N3O4S/c1-3-14-16-15(17-22-14)12-5-4-11(2)13(10-12)23(19,20)18-6-8-21-9-7-18/h4-5,10H,3,6-9H2,1-2H3. The van der Waals surface area contributed by atoms with E-state index in [1.54, 1.807) is 25.1 Å². The van der Waals surface area contributed by atoms with Gasteiger partial charge in [0.15, 0.2) is 0 Å². The van der Waals surface area contributed by atoms with E-state index in [-0.39, 0.29) is 4.90 Å². The molecule has 2 aromatic rings. The lowest BCUT2D eigenvalue weighted by molar-refractivity contribution is 0.0730. The maximum absolute atomic E-state index is 12.9. The number of benzene rings is 1. The summed E-state index contributed by atoms with van der Waals surface area (Å²) >= 11 is 0. The SMILES string of the molecule is CCc1nc(-c2ccc(C)c(S(=O)(=O)N3CCOCC3)c2)no1. The Morgan fingerprint density at radius 2 is 2.00 bits per heavy atom. The maximum atomic E-state index is 12.9. The van der Waals surface area contributed by atoms with Crippen LogP contribution in [-0.4, -0.2) is 49.2 Å². The minimum atomic E-state index is -3.55. The fraction of sp³-hybridized carbons (Fsp3) is 0.467. The molecule has 0 amide bonds. The molecule has 0 atom stereocenters. The molecule has 0 saturated carbocycles. The largest absolute Gasteiger partial charge is 0.379 e. The van der Waals surface area contributed by atoms with Gasteiger partial charge in [0.25, 0.3) is 0 Å². The fourth-order valence-electron chi connectivity index (χ4n) is 2.46. The number of ether oxygens (including phenoxy) is 1. The predicted octanol–water partition coefficient (Wildman–Crippen LogP) is 1.63. The Bertz CT molecular complexity index is 795. The first-order valence-corrected chi connectivity index (χ1v) is 8.98. The van der Waals surface area contributed by atoms with E-state index in [4.69, 9.17) is 9.26 Å². The Morgan fingerprint density at radius 1 is 1.26 bits per heavy atom. The number of hydrogen-bond donors (Lipinski definition) is 0. The molecule has 0 bridgehead atoms. The van der Waals surface area contributed by atoms with E-state index in [0.29, 0.717) is 55.6 Å². The Labute approximate surface area is 135 Å². The quantitative estimate of drug-likeness (QED) is 0.843. The molecule has 1 saturated heterocycles. The second-order valence-electron chi connectivity index (χ2n) is 5.36. The Hall–Kier alpha value is -1.77. The van der Waals surface area contributed by atoms with E-state index in [9.17, 15) is 8.42 Å². The van der Waals surface area contributed by atoms with Gasteiger partial charge in [0.05, 0.1) is 18.1 Å². The number of morpholine rings is 1. The molecule has 7 nitrogen and oxygen atoms in total. The Morgan fingerprint density at radius 3 is 2.65 bits per heavy atom. The van der Waals surface area contributed by atoms with Crippen LogP contribution < -0.4 is 0 Å². The molecular formula is C15H19N3O4S. The highest BCUT2D eigenvalue weighted by Crippen LogP contribution is 2.26. The summed E-state index contributed by atoms with van der Waals surface area (Å²) in [6, 6.07) is 5.19. The molecule has 1 fully saturated rings. The Kier molecular flexibility index (Phi) is 4.47. The first kappa shape index (κ1) is 16.1. The van der Waals surface area contributed by atoms with Crippen LogP contribution in [-0.2, 0) is 21.2 Å². The van der Waals surface area contributed by atoms with Crippen LogP contribution in [0.5, 0.6) is 0 Å². The zero-order valence-electron chi connectivity index (χ0n) is 13.2. The summed E-state index contributed by atoms with van der Waals surface area (Å²) in [5.41, 5.74) is 1.32. The maximum Gasteiger partial charge on any atom is 0.243 e. The van der Waals surface area contributed by atoms with Crippen molar-refractivity contribution in [2.75, 3.05) is 26.3 Å². The van der Waals surface area contributed by atoms with E-state index in [1.807, 2.05) is 6.92 Å². The highest BCUT2D eigenvalue weighted by molar-refractivity contribution is 7.89. The molecule has 124 valence electrons. The van der Waals surface area contributed by atoms with E-state index >= 15 is 0 Å². The van der Waals surface area contributed by atoms with Crippen molar-refractivity contribution in [3.8, 4) is 11.4 Å². The zero-order valence-corrected chi connectivity index (χ0v) is 14.0. The molecule has 2 heterocycles. The molecule has 8 heteroatoms. The van der Waals surface area contributed by atoms with Crippen LogP contribution in [0.4, 0.5) is 0 Å². The predicted molar refractivity (Wildman–Crippen MR) is 83.4 cm³/mol. The highest BCUT2D eigenvalue weighted by Gasteiger charge is 2.28. The van der Waals surface area contributed by atoms with Crippen molar-refractivity contribution in [1.29, 1.82) is 0 Å². The third kappa shape index (κ3) is 3.15. The average molecular weight is 337 g/mol. The molecule has 1 aromatic heterocycles. The molecule has 0 unspecified atom stereocenters. The van der Waals surface area contributed by atoms with Gasteiger partial charge in [0.1, 0.15) is 0 Å². The van der Waals surface area contributed by atoms with Crippen LogP contribution in [0.2, 0.25) is 0 Å². The van der Waals surface area contributed by atoms with Crippen molar-refractivity contribution >= 4 is 10.0 Å². The monoisotopic (exact) mass is 337 g/mol. The topological polar surface area (TPSA) is 85.5 Å². The summed E-state index contributed by atoms with van der Waals surface area (Å²) in [5, 5.41) is 3.91. The third-order valence-electron chi connectivity index (χ3n) is 3.80. The number of sulfonamides is 1. The van der Waals surface area contributed by atoms with Crippen LogP contribution >= 0.6 is 0 Å². The van der Waals surface area contributed by atoms with Crippen molar-refractivity contribution in [2.45, 2.75) is 25.2 Å². The molecule has 23 heavy (non-hydrogen) atoms. The van der Waals surface area contributed by atoms with Gasteiger partial charge in [-0.2, -0.15) is 9.29 Å². The van der Waals surface area contributed by atoms with Crippen molar-refractivity contribution in [3.63, 3.8) is 0 Å². The van der Waals surface area contributed by atoms with Gasteiger partial charge < -0.3 is 9.26 Å². The Balaban J connectivity index is 2.00. The molecule has 1 aromatic carbocycles. The van der Waals surface area contributed by atoms with E-state index in [2.05, 4.69) is 10.1 Å². The minimum absolute atomic E-state index is 0.278. The number of aryl methyl sites for hydroxylation is 2. The summed E-state index contributed by atoms with van der Waals surface area (Å²) in [5.74, 6) is 0.929. The van der Waals surface area contributed by atoms with Crippen LogP contribution in [0, 0.1) is 6.92 Å². The lowest BCUT2D eigenvalue weighted by Crippen LogP contribution is -2.40. The molecule has 0 radical (unpaired) electrons. The smallest absolute Gasteiger partial charge is 0.243 e. The van der Waals surface area contributed by atoms with Gasteiger partial charge in [-0.05, 0) is 18.6 Å². The number of hydrogen-bond acceptors (Lipinski definition) is 6. The number of rotatable bonds is 4. The van der Waals surface area contributed by atoms with Gasteiger partial charge in [-0.1, -0.05) is 24.2 Å². The minimum Gasteiger partial charge on any atom is -0.379 e. The molecular weight excluding hydrogens is 318 g/mol. The third-order valence-corrected chi connectivity index (χ3v) is 5.85. The van der Waals surface area contributed by atoms with Gasteiger partial charge in [0, 0.05) is 25.1 Å². The summed E-state index contributed by atoms with van der Waals surface area (Å²) in [6.07, 6.45) is 0.637. The molecule has 1 aliphatic rings. The van der Waals surface area contributed by atoms with Crippen molar-refractivity contribution in [3.05, 3.63) is 29.7 Å². The van der Waals surface area contributed by atoms with E-state index in [1.165, 1.54) is 4.31 Å². The first-order chi connectivity index (χ1) is 11.0. The van der Waals surface area contributed by atoms with Crippen LogP contribution in [0.3, 0.4) is 0 Å². The summed E-state index contributed by atoms with van der Waals surface area (Å²) < 4.78 is 37.5. The second-order valence-corrected chi connectivity index (χ2v) is 7.27. The molecule has 0 aliphatic carbocycles. The molecule has 1 aliphatic heterocycles. The average Bonchev–Trinajstić information content (AvgIpc) is 3.05. The lowest BCUT2D eigenvalue weighted by Gasteiger charge is -2.26. The van der Waals surface area contributed by atoms with Gasteiger partial charge in [0.2, 0.25) is 21.7 Å². The number of aromatic nitrogens is 2. The van der Waals surface area contributed by atoms with Gasteiger partial charge in [-0.25, -0.2) is 8.42 Å². The second kappa shape index (κ2) is 6.38. The van der Waals surface area contributed by atoms with Crippen LogP contribution in [0.15, 0.2) is 27.6 Å². The molecule has 0 N–H and O–H groups in total. The van der Waals surface area contributed by atoms with Crippen LogP contribution in [0.1, 0.15) is 18.4 Å². The molecule has 3 rings (SSSR count). The zero-order chi connectivity index (χ0) is 16.4. The normalized spacial score (nSPS) is 16.6. The number of nitrogens with zero attached hydrogens (tertiary/aromatic N) is 3. The van der Waals surface area contributed by atoms with E-state index in [0.717, 1.165) is 0 Å². The van der Waals surface area contributed by atoms with Crippen molar-refractivity contribution in [1.82, 2.24) is 14.4 Å². The summed E-state index contributed by atoms with van der Waals surface area (Å²) in [4.78, 5) is 4.54. The van der Waals surface area contributed by atoms with Crippen molar-refractivity contribution < 1.29 is 17.7 Å². The fourth-order valence-corrected chi connectivity index (χ4v) is 4.12. The van der Waals surface area contributed by atoms with Gasteiger partial charge in [-0.15, -0.1) is 0 Å². The van der Waals surface area contributed by atoms with Gasteiger partial charge >= 0.3 is 0 Å². The summed E-state index contributed by atoms with van der Waals surface area (Å²) in [7, 11) is -3.55. The first-order valence-electron chi connectivity index (χ1n) is 7.54.